The number of hydrogen-bond donors (Lipinski definition) is 3. The molecule has 0 saturated heterocycles. The summed E-state index contributed by atoms with van der Waals surface area (Å²) in [5.74, 6) is -6.44. The Balaban J connectivity index is 2.55. The quantitative estimate of drug-likeness (QED) is 0.700. The number of nitrogens with one attached hydrogen (secondary N) is 3. The third-order valence-corrected chi connectivity index (χ3v) is 3.15. The maximum atomic E-state index is 13.4. The van der Waals surface area contributed by atoms with Gasteiger partial charge in [-0.15, -0.1) is 0 Å². The number of anilines is 1. The largest absolute Gasteiger partial charge is 0.345 e. The van der Waals surface area contributed by atoms with Gasteiger partial charge in [-0.05, 0) is 19.1 Å². The summed E-state index contributed by atoms with van der Waals surface area (Å²) in [5, 5.41) is 6.75. The lowest BCUT2D eigenvalue weighted by Gasteiger charge is -2.21. The fraction of sp³-hybridized carbons (Fsp3) is 0.438. The zero-order valence-electron chi connectivity index (χ0n) is 14.3. The molecule has 0 fully saturated rings. The van der Waals surface area contributed by atoms with Crippen LogP contribution in [0, 0.1) is 22.9 Å². The maximum absolute atomic E-state index is 13.4. The third kappa shape index (κ3) is 5.77. The number of rotatable bonds is 5. The summed E-state index contributed by atoms with van der Waals surface area (Å²) in [4.78, 5) is 35.3. The second-order valence-electron chi connectivity index (χ2n) is 6.43. The van der Waals surface area contributed by atoms with E-state index in [0.29, 0.717) is 6.07 Å². The Labute approximate surface area is 143 Å². The lowest BCUT2D eigenvalue weighted by atomic mass is 9.95. The zero-order chi connectivity index (χ0) is 19.4. The van der Waals surface area contributed by atoms with Crippen LogP contribution in [-0.4, -0.2) is 30.3 Å². The smallest absolute Gasteiger partial charge is 0.243 e. The molecule has 1 aromatic rings. The van der Waals surface area contributed by atoms with Crippen molar-refractivity contribution in [1.82, 2.24) is 10.6 Å². The van der Waals surface area contributed by atoms with Crippen LogP contribution in [0.1, 0.15) is 27.7 Å². The van der Waals surface area contributed by atoms with Gasteiger partial charge in [-0.25, -0.2) is 13.2 Å². The highest BCUT2D eigenvalue weighted by atomic mass is 19.2. The maximum Gasteiger partial charge on any atom is 0.243 e. The SMILES string of the molecule is CC(NC(=O)C(C)(C)C)C(=O)NCC(=O)Nc1ccc(F)c(F)c1F. The van der Waals surface area contributed by atoms with Crippen molar-refractivity contribution in [3.05, 3.63) is 29.6 Å². The predicted molar refractivity (Wildman–Crippen MR) is 85.0 cm³/mol. The molecule has 1 unspecified atom stereocenters. The molecular formula is C16H20F3N3O3. The normalized spacial score (nSPS) is 12.3. The summed E-state index contributed by atoms with van der Waals surface area (Å²) >= 11 is 0. The van der Waals surface area contributed by atoms with Gasteiger partial charge in [0, 0.05) is 5.41 Å². The first kappa shape index (κ1) is 20.5. The molecule has 138 valence electrons. The van der Waals surface area contributed by atoms with Gasteiger partial charge in [-0.2, -0.15) is 0 Å². The summed E-state index contributed by atoms with van der Waals surface area (Å²) in [7, 11) is 0. The fourth-order valence-corrected chi connectivity index (χ4v) is 1.62. The van der Waals surface area contributed by atoms with Crippen LogP contribution in [0.2, 0.25) is 0 Å². The number of halogens is 3. The Bertz CT molecular complexity index is 687. The van der Waals surface area contributed by atoms with E-state index >= 15 is 0 Å². The first-order valence-corrected chi connectivity index (χ1v) is 7.45. The minimum Gasteiger partial charge on any atom is -0.345 e. The highest BCUT2D eigenvalue weighted by Gasteiger charge is 2.25. The summed E-state index contributed by atoms with van der Waals surface area (Å²) in [6, 6.07) is 0.635. The van der Waals surface area contributed by atoms with Crippen LogP contribution >= 0.6 is 0 Å². The van der Waals surface area contributed by atoms with E-state index in [1.54, 1.807) is 20.8 Å². The molecule has 25 heavy (non-hydrogen) atoms. The van der Waals surface area contributed by atoms with E-state index in [4.69, 9.17) is 0 Å². The van der Waals surface area contributed by atoms with Crippen molar-refractivity contribution < 1.29 is 27.6 Å². The molecule has 0 bridgehead atoms. The van der Waals surface area contributed by atoms with Crippen molar-refractivity contribution in [1.29, 1.82) is 0 Å². The number of hydrogen-bond acceptors (Lipinski definition) is 3. The number of benzene rings is 1. The molecule has 0 heterocycles. The van der Waals surface area contributed by atoms with Crippen molar-refractivity contribution in [2.75, 3.05) is 11.9 Å². The molecule has 1 atom stereocenters. The second kappa shape index (κ2) is 8.00. The lowest BCUT2D eigenvalue weighted by Crippen LogP contribution is -2.49. The first-order chi connectivity index (χ1) is 11.4. The Morgan fingerprint density at radius 2 is 1.68 bits per heavy atom. The van der Waals surface area contributed by atoms with E-state index < -0.39 is 53.0 Å². The Morgan fingerprint density at radius 3 is 2.24 bits per heavy atom. The van der Waals surface area contributed by atoms with Gasteiger partial charge in [0.1, 0.15) is 6.04 Å². The van der Waals surface area contributed by atoms with E-state index in [1.807, 2.05) is 5.32 Å². The predicted octanol–water partition coefficient (Wildman–Crippen LogP) is 1.71. The zero-order valence-corrected chi connectivity index (χ0v) is 14.3. The van der Waals surface area contributed by atoms with Gasteiger partial charge in [-0.1, -0.05) is 20.8 Å². The molecule has 0 aliphatic heterocycles. The molecular weight excluding hydrogens is 339 g/mol. The van der Waals surface area contributed by atoms with Gasteiger partial charge in [0.05, 0.1) is 12.2 Å². The minimum atomic E-state index is -1.71. The molecule has 6 nitrogen and oxygen atoms in total. The Hall–Kier alpha value is -2.58. The van der Waals surface area contributed by atoms with Crippen LogP contribution in [0.4, 0.5) is 18.9 Å². The first-order valence-electron chi connectivity index (χ1n) is 7.45. The number of amides is 3. The molecule has 0 spiro atoms. The van der Waals surface area contributed by atoms with Gasteiger partial charge < -0.3 is 16.0 Å². The minimum absolute atomic E-state index is 0.344. The highest BCUT2D eigenvalue weighted by Crippen LogP contribution is 2.19. The summed E-state index contributed by atoms with van der Waals surface area (Å²) < 4.78 is 39.3. The van der Waals surface area contributed by atoms with Crippen LogP contribution in [0.25, 0.3) is 0 Å². The van der Waals surface area contributed by atoms with Crippen LogP contribution in [0.15, 0.2) is 12.1 Å². The average molecular weight is 359 g/mol. The van der Waals surface area contributed by atoms with Crippen molar-refractivity contribution in [3.8, 4) is 0 Å². The van der Waals surface area contributed by atoms with Crippen molar-refractivity contribution in [2.24, 2.45) is 5.41 Å². The number of carbonyl (C=O) groups excluding carboxylic acids is 3. The summed E-state index contributed by atoms with van der Waals surface area (Å²) in [5.41, 5.74) is -1.23. The van der Waals surface area contributed by atoms with Gasteiger partial charge in [-0.3, -0.25) is 14.4 Å². The number of carbonyl (C=O) groups is 3. The Kier molecular flexibility index (Phi) is 6.55. The van der Waals surface area contributed by atoms with Gasteiger partial charge in [0.25, 0.3) is 0 Å². The molecule has 1 rings (SSSR count). The van der Waals surface area contributed by atoms with E-state index in [-0.39, 0.29) is 5.91 Å². The van der Waals surface area contributed by atoms with Gasteiger partial charge in [0.2, 0.25) is 17.7 Å². The average Bonchev–Trinajstić information content (AvgIpc) is 2.52. The van der Waals surface area contributed by atoms with Crippen molar-refractivity contribution in [3.63, 3.8) is 0 Å². The van der Waals surface area contributed by atoms with E-state index in [2.05, 4.69) is 10.6 Å². The van der Waals surface area contributed by atoms with Crippen molar-refractivity contribution in [2.45, 2.75) is 33.7 Å². The third-order valence-electron chi connectivity index (χ3n) is 3.15. The lowest BCUT2D eigenvalue weighted by molar-refractivity contribution is -0.133. The highest BCUT2D eigenvalue weighted by molar-refractivity contribution is 5.96. The molecule has 1 aromatic carbocycles. The van der Waals surface area contributed by atoms with Gasteiger partial charge in [0.15, 0.2) is 17.5 Å². The van der Waals surface area contributed by atoms with Crippen LogP contribution in [0.5, 0.6) is 0 Å². The van der Waals surface area contributed by atoms with E-state index in [9.17, 15) is 27.6 Å². The van der Waals surface area contributed by atoms with Crippen molar-refractivity contribution >= 4 is 23.4 Å². The van der Waals surface area contributed by atoms with E-state index in [1.165, 1.54) is 6.92 Å². The van der Waals surface area contributed by atoms with Crippen LogP contribution in [0.3, 0.4) is 0 Å². The summed E-state index contributed by atoms with van der Waals surface area (Å²) in [6.45, 7) is 5.93. The topological polar surface area (TPSA) is 87.3 Å². The molecule has 3 amide bonds. The van der Waals surface area contributed by atoms with E-state index in [0.717, 1.165) is 6.07 Å². The van der Waals surface area contributed by atoms with Crippen LogP contribution < -0.4 is 16.0 Å². The Morgan fingerprint density at radius 1 is 1.08 bits per heavy atom. The molecule has 9 heteroatoms. The monoisotopic (exact) mass is 359 g/mol. The molecule has 0 aliphatic carbocycles. The molecule has 0 aliphatic rings. The second-order valence-corrected chi connectivity index (χ2v) is 6.43. The fourth-order valence-electron chi connectivity index (χ4n) is 1.62. The van der Waals surface area contributed by atoms with Crippen LogP contribution in [-0.2, 0) is 14.4 Å². The molecule has 0 saturated carbocycles. The molecule has 0 radical (unpaired) electrons. The van der Waals surface area contributed by atoms with Gasteiger partial charge >= 0.3 is 0 Å². The molecule has 0 aromatic heterocycles. The summed E-state index contributed by atoms with van der Waals surface area (Å²) in [6.07, 6.45) is 0. The standard InChI is InChI=1S/C16H20F3N3O3/c1-8(21-15(25)16(2,3)4)14(24)20-7-11(23)22-10-6-5-9(17)12(18)13(10)19/h5-6,8H,7H2,1-4H3,(H,20,24)(H,21,25)(H,22,23). The molecule has 3 N–H and O–H groups in total.